The van der Waals surface area contributed by atoms with Gasteiger partial charge in [-0.3, -0.25) is 0 Å². The minimum absolute atomic E-state index is 0.00636. The van der Waals surface area contributed by atoms with Crippen molar-refractivity contribution in [3.63, 3.8) is 0 Å². The van der Waals surface area contributed by atoms with Crippen LogP contribution in [0.3, 0.4) is 0 Å². The summed E-state index contributed by atoms with van der Waals surface area (Å²) < 4.78 is 11.9. The van der Waals surface area contributed by atoms with Crippen molar-refractivity contribution in [3.8, 4) is 39.6 Å². The number of nitrogens with zero attached hydrogens (tertiary/aromatic N) is 8. The third-order valence-corrected chi connectivity index (χ3v) is 29.8. The Hall–Kier alpha value is -18.0. The number of rotatable bonds is 17. The number of aromatic nitrogens is 5. The van der Waals surface area contributed by atoms with E-state index in [-0.39, 0.29) is 5.41 Å². The van der Waals surface area contributed by atoms with Crippen molar-refractivity contribution in [2.24, 2.45) is 0 Å². The van der Waals surface area contributed by atoms with E-state index in [9.17, 15) is 0 Å². The molecule has 0 N–H and O–H groups in total. The van der Waals surface area contributed by atoms with Gasteiger partial charge < -0.3 is 37.5 Å². The Balaban J connectivity index is 0.000000116. The quantitative estimate of drug-likeness (QED) is 0.0911. The number of fused-ring (bicyclic) bond motifs is 15. The lowest BCUT2D eigenvalue weighted by atomic mass is 9.65. The minimum atomic E-state index is 0.00636. The zero-order valence-electron chi connectivity index (χ0n) is 81.1. The maximum Gasteiger partial charge on any atom is 0.0541 e. The second-order valence-corrected chi connectivity index (χ2v) is 38.6. The first-order chi connectivity index (χ1) is 71.1. The summed E-state index contributed by atoms with van der Waals surface area (Å²) in [6.45, 7) is 8.59. The monoisotopic (exact) mass is 1850 g/mol. The number of hydrogen-bond acceptors (Lipinski definition) is 3. The van der Waals surface area contributed by atoms with Gasteiger partial charge in [0.2, 0.25) is 0 Å². The lowest BCUT2D eigenvalue weighted by Gasteiger charge is -2.39. The van der Waals surface area contributed by atoms with Crippen LogP contribution >= 0.6 is 0 Å². The molecule has 0 aliphatic heterocycles. The van der Waals surface area contributed by atoms with Gasteiger partial charge in [0, 0.05) is 139 Å². The Bertz CT molecular complexity index is 8210. The number of para-hydroxylation sites is 10. The van der Waals surface area contributed by atoms with Gasteiger partial charge in [-0.15, -0.1) is 0 Å². The summed E-state index contributed by atoms with van der Waals surface area (Å²) in [4.78, 5) is 7.10. The van der Waals surface area contributed by atoms with Crippen molar-refractivity contribution >= 4 is 160 Å². The van der Waals surface area contributed by atoms with Gasteiger partial charge in [0.15, 0.2) is 0 Å². The number of anilines is 9. The highest BCUT2D eigenvalue weighted by Gasteiger charge is 2.37. The highest BCUT2D eigenvalue weighted by molar-refractivity contribution is 6.14. The third kappa shape index (κ3) is 15.9. The van der Waals surface area contributed by atoms with Gasteiger partial charge in [0.25, 0.3) is 0 Å². The number of benzene rings is 21. The van der Waals surface area contributed by atoms with E-state index in [0.717, 1.165) is 34.1 Å². The maximum atomic E-state index is 2.40. The van der Waals surface area contributed by atoms with E-state index in [0.29, 0.717) is 0 Å². The maximum absolute atomic E-state index is 2.40. The van der Waals surface area contributed by atoms with Crippen molar-refractivity contribution in [1.29, 1.82) is 0 Å². The van der Waals surface area contributed by atoms with E-state index in [4.69, 9.17) is 0 Å². The predicted octanol–water partition coefficient (Wildman–Crippen LogP) is 37.1. The van der Waals surface area contributed by atoms with Gasteiger partial charge in [0.05, 0.1) is 55.2 Å². The Morgan fingerprint density at radius 3 is 0.535 bits per heavy atom. The third-order valence-electron chi connectivity index (χ3n) is 29.8. The standard InChI is InChI=1S/C54H36N4.C46H46N2.C36H24N2/c1-7-19-49-43(13-1)44-14-2-8-20-50(44)56(49)40-31-25-37(26-32-40)55(38-27-33-41(34-28-38)57-51-21-9-3-15-45(51)46-16-4-10-22-52(46)57)39-29-35-42(36-30-39)58-53-23-11-5-17-47(53)48-18-6-12-24-54(48)58;1-34-8-20-40(21-9-34)47(41-22-10-35(2)11-23-41)44-28-16-38(17-29-44)46(32-6-5-7-33-46)39-18-30-45(31-19-39)48(42-24-12-36(3)13-25-42)43-26-14-37(4)15-27-43;1-5-19-33-29(15-1)30-16-2-6-20-34(30)37(33)27-13-9-11-25(23-27)26-12-10-14-28(24-26)38-35-21-7-3-17-31(35)32-18-4-8-22-36(32)38/h1-36H;8-31H,5-7,32-33H2,1-4H3;1-24H. The smallest absolute Gasteiger partial charge is 0.0541 e. The lowest BCUT2D eigenvalue weighted by molar-refractivity contribution is 0.346. The highest BCUT2D eigenvalue weighted by atomic mass is 15.2. The summed E-state index contributed by atoms with van der Waals surface area (Å²) in [5.74, 6) is 0. The first-order valence-electron chi connectivity index (χ1n) is 50.4. The molecule has 1 fully saturated rings. The molecule has 0 radical (unpaired) electrons. The van der Waals surface area contributed by atoms with E-state index in [1.165, 1.54) is 231 Å². The summed E-state index contributed by atoms with van der Waals surface area (Å²) in [6.07, 6.45) is 6.15. The minimum Gasteiger partial charge on any atom is -0.311 e. The molecule has 0 spiro atoms. The van der Waals surface area contributed by atoms with Gasteiger partial charge in [0.1, 0.15) is 0 Å². The van der Waals surface area contributed by atoms with Crippen molar-refractivity contribution in [3.05, 3.63) is 543 Å². The average molecular weight is 1850 g/mol. The fourth-order valence-electron chi connectivity index (χ4n) is 22.8. The van der Waals surface area contributed by atoms with Gasteiger partial charge in [-0.2, -0.15) is 0 Å². The van der Waals surface area contributed by atoms with E-state index < -0.39 is 0 Å². The highest BCUT2D eigenvalue weighted by Crippen LogP contribution is 2.50. The zero-order chi connectivity index (χ0) is 96.3. The van der Waals surface area contributed by atoms with Crippen LogP contribution in [-0.2, 0) is 5.41 Å². The molecule has 21 aromatic carbocycles. The van der Waals surface area contributed by atoms with Crippen molar-refractivity contribution in [2.45, 2.75) is 65.2 Å². The second kappa shape index (κ2) is 37.3. The molecule has 690 valence electrons. The first kappa shape index (κ1) is 87.5. The fraction of sp³-hybridized carbons (Fsp3) is 0.0735. The summed E-state index contributed by atoms with van der Waals surface area (Å²) in [7, 11) is 0. The van der Waals surface area contributed by atoms with Gasteiger partial charge in [-0.1, -0.05) is 321 Å². The summed E-state index contributed by atoms with van der Waals surface area (Å²) >= 11 is 0. The molecule has 5 aromatic heterocycles. The average Bonchev–Trinajstić information content (AvgIpc) is 1.61. The first-order valence-corrected chi connectivity index (χ1v) is 50.4. The predicted molar refractivity (Wildman–Crippen MR) is 610 cm³/mol. The molecule has 0 unspecified atom stereocenters. The topological polar surface area (TPSA) is 34.4 Å². The van der Waals surface area contributed by atoms with Crippen LogP contribution in [0.4, 0.5) is 51.2 Å². The molecule has 8 heteroatoms. The number of hydrogen-bond donors (Lipinski definition) is 0. The van der Waals surface area contributed by atoms with Gasteiger partial charge >= 0.3 is 0 Å². The van der Waals surface area contributed by atoms with Crippen LogP contribution in [0.15, 0.2) is 510 Å². The molecule has 27 rings (SSSR count). The van der Waals surface area contributed by atoms with Crippen LogP contribution in [-0.4, -0.2) is 22.8 Å². The molecule has 0 bridgehead atoms. The van der Waals surface area contributed by atoms with Crippen molar-refractivity contribution in [2.75, 3.05) is 14.7 Å². The van der Waals surface area contributed by atoms with E-state index in [2.05, 4.69) is 575 Å². The lowest BCUT2D eigenvalue weighted by Crippen LogP contribution is -2.30. The van der Waals surface area contributed by atoms with E-state index in [1.807, 2.05) is 0 Å². The second-order valence-electron chi connectivity index (χ2n) is 38.6. The fourth-order valence-corrected chi connectivity index (χ4v) is 22.8. The largest absolute Gasteiger partial charge is 0.311 e. The van der Waals surface area contributed by atoms with Gasteiger partial charge in [-0.05, 0) is 293 Å². The Morgan fingerprint density at radius 2 is 0.333 bits per heavy atom. The van der Waals surface area contributed by atoms with Crippen LogP contribution in [0.2, 0.25) is 0 Å². The molecule has 1 aliphatic carbocycles. The normalized spacial score (nSPS) is 12.5. The van der Waals surface area contributed by atoms with Crippen molar-refractivity contribution in [1.82, 2.24) is 22.8 Å². The molecule has 1 saturated carbocycles. The zero-order valence-corrected chi connectivity index (χ0v) is 81.1. The molecular formula is C136H106N8. The molecule has 26 aromatic rings. The van der Waals surface area contributed by atoms with Crippen LogP contribution < -0.4 is 14.7 Å². The van der Waals surface area contributed by atoms with E-state index in [1.54, 1.807) is 0 Å². The molecule has 0 atom stereocenters. The number of aryl methyl sites for hydroxylation is 4. The Morgan fingerprint density at radius 1 is 0.160 bits per heavy atom. The summed E-state index contributed by atoms with van der Waals surface area (Å²) in [6, 6.07) is 186. The molecule has 1 aliphatic rings. The van der Waals surface area contributed by atoms with Crippen LogP contribution in [0.25, 0.3) is 149 Å². The SMILES string of the molecule is Cc1ccc(N(c2ccc(C)cc2)c2ccc(C3(c4ccc(N(c5ccc(C)cc5)c5ccc(C)cc5)cc4)CCCCC3)cc2)cc1.c1cc(-c2cccc(-n3c4ccccc4c4ccccc43)c2)cc(-n2c3ccccc3c3ccccc32)c1.c1ccc2c(c1)c1ccccc1n2-c1ccc(N(c2ccc(-n3c4ccccc4c4ccccc43)cc2)c2ccc(-n3c4ccccc4c4ccccc43)cc2)cc1. The van der Waals surface area contributed by atoms with Gasteiger partial charge in [-0.25, -0.2) is 0 Å². The van der Waals surface area contributed by atoms with Crippen LogP contribution in [0, 0.1) is 27.7 Å². The Labute approximate surface area is 839 Å². The molecule has 144 heavy (non-hydrogen) atoms. The molecule has 0 amide bonds. The molecule has 5 heterocycles. The molecule has 8 nitrogen and oxygen atoms in total. The summed E-state index contributed by atoms with van der Waals surface area (Å²) in [5, 5.41) is 12.7. The summed E-state index contributed by atoms with van der Waals surface area (Å²) in [5.41, 5.74) is 38.5. The van der Waals surface area contributed by atoms with Crippen LogP contribution in [0.5, 0.6) is 0 Å². The van der Waals surface area contributed by atoms with Crippen molar-refractivity contribution < 1.29 is 0 Å². The van der Waals surface area contributed by atoms with E-state index >= 15 is 0 Å². The Kier molecular flexibility index (Phi) is 22.7. The molecular weight excluding hydrogens is 1750 g/mol. The van der Waals surface area contributed by atoms with Crippen LogP contribution in [0.1, 0.15) is 65.5 Å². The molecule has 0 saturated heterocycles.